The van der Waals surface area contributed by atoms with Gasteiger partial charge in [0.15, 0.2) is 11.6 Å². The normalized spacial score (nSPS) is 10.7. The van der Waals surface area contributed by atoms with Crippen LogP contribution in [0.1, 0.15) is 5.56 Å². The molecule has 0 fully saturated rings. The van der Waals surface area contributed by atoms with Crippen LogP contribution in [0, 0.1) is 18.6 Å². The zero-order chi connectivity index (χ0) is 10.9. The van der Waals surface area contributed by atoms with E-state index in [0.29, 0.717) is 0 Å². The molecule has 1 aromatic carbocycles. The van der Waals surface area contributed by atoms with Crippen molar-refractivity contribution >= 4 is 5.69 Å². The third kappa shape index (κ3) is 1.89. The van der Waals surface area contributed by atoms with Crippen molar-refractivity contribution in [1.82, 2.24) is 0 Å². The SMILES string of the molecule is Cc1cc(N)c(F)c(F)c1OC(F)F. The number of halogens is 4. The molecular formula is C8H7F4NO. The third-order valence-corrected chi connectivity index (χ3v) is 1.58. The van der Waals surface area contributed by atoms with Gasteiger partial charge in [-0.15, -0.1) is 0 Å². The van der Waals surface area contributed by atoms with Gasteiger partial charge in [0, 0.05) is 0 Å². The average Bonchev–Trinajstić information content (AvgIpc) is 2.09. The van der Waals surface area contributed by atoms with E-state index in [1.807, 2.05) is 0 Å². The van der Waals surface area contributed by atoms with E-state index >= 15 is 0 Å². The van der Waals surface area contributed by atoms with E-state index < -0.39 is 29.7 Å². The molecule has 0 atom stereocenters. The highest BCUT2D eigenvalue weighted by molar-refractivity contribution is 5.49. The van der Waals surface area contributed by atoms with Gasteiger partial charge < -0.3 is 10.5 Å². The number of hydrogen-bond donors (Lipinski definition) is 1. The van der Waals surface area contributed by atoms with Crippen LogP contribution in [-0.2, 0) is 0 Å². The van der Waals surface area contributed by atoms with Gasteiger partial charge in [-0.3, -0.25) is 0 Å². The number of benzene rings is 1. The monoisotopic (exact) mass is 209 g/mol. The number of ether oxygens (including phenoxy) is 1. The molecule has 0 aliphatic carbocycles. The number of rotatable bonds is 2. The van der Waals surface area contributed by atoms with Gasteiger partial charge in [0.05, 0.1) is 5.69 Å². The van der Waals surface area contributed by atoms with E-state index in [0.717, 1.165) is 6.07 Å². The van der Waals surface area contributed by atoms with E-state index in [2.05, 4.69) is 4.74 Å². The number of hydrogen-bond acceptors (Lipinski definition) is 2. The minimum absolute atomic E-state index is 0.0155. The molecule has 0 radical (unpaired) electrons. The maximum Gasteiger partial charge on any atom is 0.387 e. The Morgan fingerprint density at radius 3 is 2.36 bits per heavy atom. The zero-order valence-electron chi connectivity index (χ0n) is 7.15. The first-order valence-corrected chi connectivity index (χ1v) is 3.62. The van der Waals surface area contributed by atoms with Crippen LogP contribution in [-0.4, -0.2) is 6.61 Å². The van der Waals surface area contributed by atoms with Gasteiger partial charge in [0.25, 0.3) is 0 Å². The predicted molar refractivity (Wildman–Crippen MR) is 42.1 cm³/mol. The molecule has 0 saturated heterocycles. The molecule has 78 valence electrons. The van der Waals surface area contributed by atoms with Crippen LogP contribution in [0.4, 0.5) is 23.2 Å². The standard InChI is InChI=1S/C8H7F4NO/c1-3-2-4(13)5(9)6(10)7(3)14-8(11)12/h2,8H,13H2,1H3. The van der Waals surface area contributed by atoms with Gasteiger partial charge in [0.1, 0.15) is 0 Å². The summed E-state index contributed by atoms with van der Waals surface area (Å²) in [4.78, 5) is 0. The summed E-state index contributed by atoms with van der Waals surface area (Å²) in [7, 11) is 0. The van der Waals surface area contributed by atoms with Crippen molar-refractivity contribution in [3.8, 4) is 5.75 Å². The Morgan fingerprint density at radius 2 is 1.86 bits per heavy atom. The summed E-state index contributed by atoms with van der Waals surface area (Å²) in [5, 5.41) is 0. The summed E-state index contributed by atoms with van der Waals surface area (Å²) in [6.45, 7) is -1.91. The van der Waals surface area contributed by atoms with E-state index in [9.17, 15) is 17.6 Å². The fourth-order valence-electron chi connectivity index (χ4n) is 0.995. The molecule has 2 N–H and O–H groups in total. The molecule has 0 amide bonds. The van der Waals surface area contributed by atoms with E-state index in [4.69, 9.17) is 5.73 Å². The van der Waals surface area contributed by atoms with Crippen LogP contribution in [0.5, 0.6) is 5.75 Å². The quantitative estimate of drug-likeness (QED) is 0.599. The molecule has 0 aliphatic rings. The van der Waals surface area contributed by atoms with Crippen LogP contribution in [0.15, 0.2) is 6.07 Å². The van der Waals surface area contributed by atoms with Crippen LogP contribution < -0.4 is 10.5 Å². The maximum absolute atomic E-state index is 13.0. The lowest BCUT2D eigenvalue weighted by Crippen LogP contribution is -2.07. The second-order valence-electron chi connectivity index (χ2n) is 2.62. The van der Waals surface area contributed by atoms with Crippen LogP contribution in [0.25, 0.3) is 0 Å². The van der Waals surface area contributed by atoms with E-state index in [1.54, 1.807) is 0 Å². The number of alkyl halides is 2. The van der Waals surface area contributed by atoms with Gasteiger partial charge >= 0.3 is 6.61 Å². The molecule has 0 saturated carbocycles. The lowest BCUT2D eigenvalue weighted by atomic mass is 10.2. The fourth-order valence-corrected chi connectivity index (χ4v) is 0.995. The number of nitrogen functional groups attached to an aromatic ring is 1. The summed E-state index contributed by atoms with van der Waals surface area (Å²) < 4.78 is 53.1. The lowest BCUT2D eigenvalue weighted by molar-refractivity contribution is -0.0529. The Kier molecular flexibility index (Phi) is 2.83. The summed E-state index contributed by atoms with van der Waals surface area (Å²) in [5.41, 5.74) is 4.64. The molecule has 1 aromatic rings. The van der Waals surface area contributed by atoms with Crippen molar-refractivity contribution in [2.45, 2.75) is 13.5 Å². The highest BCUT2D eigenvalue weighted by atomic mass is 19.3. The lowest BCUT2D eigenvalue weighted by Gasteiger charge is -2.10. The molecule has 0 aliphatic heterocycles. The smallest absolute Gasteiger partial charge is 0.387 e. The Balaban J connectivity index is 3.22. The van der Waals surface area contributed by atoms with Gasteiger partial charge in [0.2, 0.25) is 5.82 Å². The van der Waals surface area contributed by atoms with Crippen molar-refractivity contribution in [2.24, 2.45) is 0 Å². The first-order valence-electron chi connectivity index (χ1n) is 3.62. The number of anilines is 1. The highest BCUT2D eigenvalue weighted by Gasteiger charge is 2.18. The Labute approximate surface area is 77.3 Å². The Bertz CT molecular complexity index is 354. The summed E-state index contributed by atoms with van der Waals surface area (Å²) in [6, 6.07) is 1.02. The first-order chi connectivity index (χ1) is 6.43. The number of nitrogens with two attached hydrogens (primary N) is 1. The molecule has 0 unspecified atom stereocenters. The van der Waals surface area contributed by atoms with Crippen LogP contribution >= 0.6 is 0 Å². The average molecular weight is 209 g/mol. The van der Waals surface area contributed by atoms with E-state index in [-0.39, 0.29) is 5.56 Å². The molecule has 2 nitrogen and oxygen atoms in total. The molecule has 0 spiro atoms. The zero-order valence-corrected chi connectivity index (χ0v) is 7.15. The summed E-state index contributed by atoms with van der Waals surface area (Å²) >= 11 is 0. The summed E-state index contributed by atoms with van der Waals surface area (Å²) in [6.07, 6.45) is 0. The minimum atomic E-state index is -3.20. The van der Waals surface area contributed by atoms with Crippen molar-refractivity contribution in [1.29, 1.82) is 0 Å². The van der Waals surface area contributed by atoms with Crippen LogP contribution in [0.2, 0.25) is 0 Å². The molecular weight excluding hydrogens is 202 g/mol. The Morgan fingerprint density at radius 1 is 1.29 bits per heavy atom. The van der Waals surface area contributed by atoms with Crippen molar-refractivity contribution < 1.29 is 22.3 Å². The van der Waals surface area contributed by atoms with Gasteiger partial charge in [-0.05, 0) is 18.6 Å². The molecule has 14 heavy (non-hydrogen) atoms. The molecule has 1 rings (SSSR count). The van der Waals surface area contributed by atoms with Gasteiger partial charge in [-0.25, -0.2) is 4.39 Å². The fraction of sp³-hybridized carbons (Fsp3) is 0.250. The van der Waals surface area contributed by atoms with Gasteiger partial charge in [-0.2, -0.15) is 13.2 Å². The van der Waals surface area contributed by atoms with Crippen molar-refractivity contribution in [3.63, 3.8) is 0 Å². The van der Waals surface area contributed by atoms with Crippen LogP contribution in [0.3, 0.4) is 0 Å². The van der Waals surface area contributed by atoms with Crippen molar-refractivity contribution in [3.05, 3.63) is 23.3 Å². The van der Waals surface area contributed by atoms with Crippen molar-refractivity contribution in [2.75, 3.05) is 5.73 Å². The topological polar surface area (TPSA) is 35.2 Å². The molecule has 0 aromatic heterocycles. The van der Waals surface area contributed by atoms with Gasteiger partial charge in [-0.1, -0.05) is 0 Å². The van der Waals surface area contributed by atoms with E-state index in [1.165, 1.54) is 6.92 Å². The largest absolute Gasteiger partial charge is 0.431 e. The Hall–Kier alpha value is -1.46. The summed E-state index contributed by atoms with van der Waals surface area (Å²) in [5.74, 6) is -3.69. The highest BCUT2D eigenvalue weighted by Crippen LogP contribution is 2.29. The third-order valence-electron chi connectivity index (χ3n) is 1.58. The second kappa shape index (κ2) is 3.73. The maximum atomic E-state index is 13.0. The molecule has 0 heterocycles. The first kappa shape index (κ1) is 10.6. The number of aryl methyl sites for hydroxylation is 1. The predicted octanol–water partition coefficient (Wildman–Crippen LogP) is 2.46. The molecule has 0 bridgehead atoms. The minimum Gasteiger partial charge on any atom is -0.431 e. The molecule has 6 heteroatoms. The second-order valence-corrected chi connectivity index (χ2v) is 2.62.